The molecule has 1 atom stereocenters. The second kappa shape index (κ2) is 8.84. The van der Waals surface area contributed by atoms with Crippen LogP contribution >= 0.6 is 11.6 Å². The van der Waals surface area contributed by atoms with Gasteiger partial charge < -0.3 is 20.4 Å². The Bertz CT molecular complexity index is 929. The maximum atomic E-state index is 12.4. The molecule has 29 heavy (non-hydrogen) atoms. The van der Waals surface area contributed by atoms with Gasteiger partial charge in [0.1, 0.15) is 0 Å². The van der Waals surface area contributed by atoms with Gasteiger partial charge >= 0.3 is 11.8 Å². The lowest BCUT2D eigenvalue weighted by molar-refractivity contribution is -0.136. The zero-order valence-corrected chi connectivity index (χ0v) is 18.0. The van der Waals surface area contributed by atoms with Crippen molar-refractivity contribution in [3.05, 3.63) is 58.1 Å². The van der Waals surface area contributed by atoms with Crippen LogP contribution in [0.1, 0.15) is 22.7 Å². The van der Waals surface area contributed by atoms with Crippen molar-refractivity contribution in [2.24, 2.45) is 0 Å². The van der Waals surface area contributed by atoms with Gasteiger partial charge in [-0.1, -0.05) is 29.8 Å². The van der Waals surface area contributed by atoms with Crippen LogP contribution in [0.5, 0.6) is 0 Å². The smallest absolute Gasteiger partial charge is 0.313 e. The van der Waals surface area contributed by atoms with Gasteiger partial charge in [-0.3, -0.25) is 9.59 Å². The average Bonchev–Trinajstić information content (AvgIpc) is 3.05. The minimum atomic E-state index is -0.705. The first-order valence-corrected chi connectivity index (χ1v) is 10.0. The van der Waals surface area contributed by atoms with Crippen molar-refractivity contribution in [1.82, 2.24) is 10.2 Å². The van der Waals surface area contributed by atoms with E-state index < -0.39 is 11.8 Å². The fourth-order valence-electron chi connectivity index (χ4n) is 3.58. The molecule has 2 N–H and O–H groups in total. The fourth-order valence-corrected chi connectivity index (χ4v) is 3.76. The van der Waals surface area contributed by atoms with Gasteiger partial charge in [0.25, 0.3) is 0 Å². The molecule has 0 fully saturated rings. The van der Waals surface area contributed by atoms with Crippen LogP contribution < -0.4 is 15.5 Å². The number of anilines is 2. The Labute approximate surface area is 176 Å². The number of nitrogens with zero attached hydrogens (tertiary/aromatic N) is 2. The van der Waals surface area contributed by atoms with E-state index in [0.717, 1.165) is 24.1 Å². The van der Waals surface area contributed by atoms with Gasteiger partial charge in [0.2, 0.25) is 0 Å². The maximum Gasteiger partial charge on any atom is 0.313 e. The Balaban J connectivity index is 1.65. The summed E-state index contributed by atoms with van der Waals surface area (Å²) in [7, 11) is 6.02. The number of hydrogen-bond donors (Lipinski definition) is 2. The lowest BCUT2D eigenvalue weighted by Gasteiger charge is -2.26. The topological polar surface area (TPSA) is 64.7 Å². The molecule has 154 valence electrons. The molecular weight excluding hydrogens is 388 g/mol. The Kier molecular flexibility index (Phi) is 6.45. The quantitative estimate of drug-likeness (QED) is 0.738. The minimum Gasteiger partial charge on any atom is -0.374 e. The van der Waals surface area contributed by atoms with Crippen LogP contribution in [0.2, 0.25) is 5.02 Å². The third-order valence-electron chi connectivity index (χ3n) is 5.42. The second-order valence-electron chi connectivity index (χ2n) is 7.62. The first-order chi connectivity index (χ1) is 13.8. The van der Waals surface area contributed by atoms with Gasteiger partial charge in [-0.15, -0.1) is 0 Å². The van der Waals surface area contributed by atoms with E-state index in [1.165, 1.54) is 11.3 Å². The summed E-state index contributed by atoms with van der Waals surface area (Å²) in [5.41, 5.74) is 4.95. The summed E-state index contributed by atoms with van der Waals surface area (Å²) in [6.45, 7) is 3.15. The highest BCUT2D eigenvalue weighted by Gasteiger charge is 2.22. The molecule has 3 rings (SSSR count). The van der Waals surface area contributed by atoms with Gasteiger partial charge in [-0.2, -0.15) is 0 Å². The van der Waals surface area contributed by atoms with E-state index in [1.54, 1.807) is 25.1 Å². The Morgan fingerprint density at radius 1 is 1.21 bits per heavy atom. The zero-order chi connectivity index (χ0) is 21.1. The molecule has 1 aliphatic heterocycles. The van der Waals surface area contributed by atoms with Crippen LogP contribution in [-0.2, 0) is 16.0 Å². The van der Waals surface area contributed by atoms with Gasteiger partial charge in [0.05, 0.1) is 6.04 Å². The van der Waals surface area contributed by atoms with Gasteiger partial charge in [0.15, 0.2) is 0 Å². The first kappa shape index (κ1) is 21.1. The fraction of sp³-hybridized carbons (Fsp3) is 0.364. The molecule has 0 spiro atoms. The van der Waals surface area contributed by atoms with Crippen molar-refractivity contribution in [1.29, 1.82) is 0 Å². The predicted molar refractivity (Wildman–Crippen MR) is 118 cm³/mol. The van der Waals surface area contributed by atoms with Gasteiger partial charge in [0, 0.05) is 36.5 Å². The summed E-state index contributed by atoms with van der Waals surface area (Å²) in [6, 6.07) is 11.6. The number of hydrogen-bond acceptors (Lipinski definition) is 4. The number of halogens is 1. The molecule has 6 nitrogen and oxygen atoms in total. The van der Waals surface area contributed by atoms with Crippen molar-refractivity contribution in [2.75, 3.05) is 44.4 Å². The van der Waals surface area contributed by atoms with E-state index in [1.807, 2.05) is 19.0 Å². The van der Waals surface area contributed by atoms with E-state index in [4.69, 9.17) is 11.6 Å². The summed E-state index contributed by atoms with van der Waals surface area (Å²) in [6.07, 6.45) is 1.02. The highest BCUT2D eigenvalue weighted by atomic mass is 35.5. The van der Waals surface area contributed by atoms with Gasteiger partial charge in [-0.25, -0.2) is 0 Å². The molecule has 2 aromatic rings. The van der Waals surface area contributed by atoms with Crippen molar-refractivity contribution in [3.63, 3.8) is 0 Å². The normalized spacial score (nSPS) is 13.9. The molecule has 1 aliphatic rings. The SMILES string of the molecule is Cc1c(Cl)cccc1NC(=O)C(=O)NC[C@@H](c1ccc2c(c1)CCN2C)N(C)C. The second-order valence-corrected chi connectivity index (χ2v) is 8.02. The number of carbonyl (C=O) groups is 2. The molecule has 0 aromatic heterocycles. The van der Waals surface area contributed by atoms with Crippen LogP contribution in [0, 0.1) is 6.92 Å². The molecule has 0 bridgehead atoms. The Morgan fingerprint density at radius 3 is 2.69 bits per heavy atom. The molecular formula is C22H27ClN4O2. The Morgan fingerprint density at radius 2 is 1.97 bits per heavy atom. The molecule has 0 saturated carbocycles. The van der Waals surface area contributed by atoms with Crippen molar-refractivity contribution < 1.29 is 9.59 Å². The van der Waals surface area contributed by atoms with Crippen molar-refractivity contribution >= 4 is 34.8 Å². The van der Waals surface area contributed by atoms with Crippen LogP contribution in [0.4, 0.5) is 11.4 Å². The molecule has 2 aromatic carbocycles. The van der Waals surface area contributed by atoms with Crippen LogP contribution in [0.3, 0.4) is 0 Å². The molecule has 0 aliphatic carbocycles. The van der Waals surface area contributed by atoms with E-state index in [-0.39, 0.29) is 6.04 Å². The van der Waals surface area contributed by atoms with Gasteiger partial charge in [-0.05, 0) is 62.3 Å². The average molecular weight is 415 g/mol. The number of carbonyl (C=O) groups excluding carboxylic acids is 2. The van der Waals surface area contributed by atoms with E-state index in [9.17, 15) is 9.59 Å². The standard InChI is InChI=1S/C22H27ClN4O2/c1-14-17(23)6-5-7-18(14)25-22(29)21(28)24-13-20(26(2)3)15-8-9-19-16(12-15)10-11-27(19)4/h5-9,12,20H,10-11,13H2,1-4H3,(H,24,28)(H,25,29)/t20-/m0/s1. The van der Waals surface area contributed by atoms with Crippen molar-refractivity contribution in [3.8, 4) is 0 Å². The highest BCUT2D eigenvalue weighted by molar-refractivity contribution is 6.40. The van der Waals surface area contributed by atoms with Crippen molar-refractivity contribution in [2.45, 2.75) is 19.4 Å². The molecule has 0 radical (unpaired) electrons. The van der Waals surface area contributed by atoms with Crippen LogP contribution in [0.15, 0.2) is 36.4 Å². The molecule has 0 saturated heterocycles. The van der Waals surface area contributed by atoms with E-state index in [2.05, 4.69) is 40.8 Å². The number of likely N-dealkylation sites (N-methyl/N-ethyl adjacent to an activating group) is 2. The van der Waals surface area contributed by atoms with Crippen LogP contribution in [-0.4, -0.2) is 50.9 Å². The maximum absolute atomic E-state index is 12.4. The zero-order valence-electron chi connectivity index (χ0n) is 17.3. The summed E-state index contributed by atoms with van der Waals surface area (Å²) < 4.78 is 0. The summed E-state index contributed by atoms with van der Waals surface area (Å²) in [5, 5.41) is 5.92. The largest absolute Gasteiger partial charge is 0.374 e. The predicted octanol–water partition coefficient (Wildman–Crippen LogP) is 3.00. The summed E-state index contributed by atoms with van der Waals surface area (Å²) in [4.78, 5) is 28.9. The number of fused-ring (bicyclic) bond motifs is 1. The van der Waals surface area contributed by atoms with Crippen LogP contribution in [0.25, 0.3) is 0 Å². The lowest BCUT2D eigenvalue weighted by atomic mass is 10.0. The summed E-state index contributed by atoms with van der Waals surface area (Å²) in [5.74, 6) is -1.37. The summed E-state index contributed by atoms with van der Waals surface area (Å²) >= 11 is 6.07. The Hall–Kier alpha value is -2.57. The number of benzene rings is 2. The monoisotopic (exact) mass is 414 g/mol. The molecule has 7 heteroatoms. The lowest BCUT2D eigenvalue weighted by Crippen LogP contribution is -2.40. The third-order valence-corrected chi connectivity index (χ3v) is 5.83. The highest BCUT2D eigenvalue weighted by Crippen LogP contribution is 2.30. The molecule has 0 unspecified atom stereocenters. The van der Waals surface area contributed by atoms with E-state index >= 15 is 0 Å². The first-order valence-electron chi connectivity index (χ1n) is 9.62. The molecule has 2 amide bonds. The van der Waals surface area contributed by atoms with E-state index in [0.29, 0.717) is 17.3 Å². The number of amides is 2. The number of rotatable bonds is 5. The minimum absolute atomic E-state index is 0.0316. The third kappa shape index (κ3) is 4.71. The molecule has 1 heterocycles. The number of nitrogens with one attached hydrogen (secondary N) is 2.